The first kappa shape index (κ1) is 16.4. The number of halogens is 1. The molecule has 2 N–H and O–H groups in total. The zero-order chi connectivity index (χ0) is 16.5. The largest absolute Gasteiger partial charge is 0.444 e. The highest BCUT2D eigenvalue weighted by molar-refractivity contribution is 5.69. The lowest BCUT2D eigenvalue weighted by molar-refractivity contribution is 0.0159. The highest BCUT2D eigenvalue weighted by Gasteiger charge is 2.31. The monoisotopic (exact) mass is 309 g/mol. The van der Waals surface area contributed by atoms with Gasteiger partial charge in [0, 0.05) is 31.4 Å². The Bertz CT molecular complexity index is 557. The van der Waals surface area contributed by atoms with Gasteiger partial charge in [0.15, 0.2) is 0 Å². The average Bonchev–Trinajstić information content (AvgIpc) is 2.39. The lowest BCUT2D eigenvalue weighted by atomic mass is 10.1. The minimum absolute atomic E-state index is 0.00999. The van der Waals surface area contributed by atoms with Gasteiger partial charge in [-0.2, -0.15) is 0 Å². The van der Waals surface area contributed by atoms with Gasteiger partial charge in [-0.25, -0.2) is 9.18 Å². The Kier molecular flexibility index (Phi) is 4.49. The third kappa shape index (κ3) is 3.81. The van der Waals surface area contributed by atoms with E-state index in [1.165, 1.54) is 6.07 Å². The molecule has 1 aliphatic rings. The Balaban J connectivity index is 2.03. The number of hydrogen-bond donors (Lipinski definition) is 1. The number of benzene rings is 1. The van der Waals surface area contributed by atoms with Crippen LogP contribution in [0.4, 0.5) is 20.6 Å². The molecule has 0 spiro atoms. The second-order valence-corrected chi connectivity index (χ2v) is 6.67. The quantitative estimate of drug-likeness (QED) is 0.810. The van der Waals surface area contributed by atoms with Crippen LogP contribution in [-0.4, -0.2) is 42.3 Å². The molecule has 0 aliphatic carbocycles. The summed E-state index contributed by atoms with van der Waals surface area (Å²) in [5, 5.41) is 0. The summed E-state index contributed by atoms with van der Waals surface area (Å²) in [5.41, 5.74) is 5.92. The predicted molar refractivity (Wildman–Crippen MR) is 85.4 cm³/mol. The summed E-state index contributed by atoms with van der Waals surface area (Å²) in [6.45, 7) is 9.32. The van der Waals surface area contributed by atoms with Crippen molar-refractivity contribution >= 4 is 17.5 Å². The van der Waals surface area contributed by atoms with Crippen LogP contribution in [0.15, 0.2) is 18.2 Å². The van der Waals surface area contributed by atoms with Crippen LogP contribution in [0, 0.1) is 5.82 Å². The Hall–Kier alpha value is -1.98. The predicted octanol–water partition coefficient (Wildman–Crippen LogP) is 2.85. The number of anilines is 2. The number of nitrogens with zero attached hydrogens (tertiary/aromatic N) is 2. The molecule has 5 nitrogen and oxygen atoms in total. The maximum absolute atomic E-state index is 13.6. The van der Waals surface area contributed by atoms with Crippen molar-refractivity contribution in [2.24, 2.45) is 0 Å². The fourth-order valence-corrected chi connectivity index (χ4v) is 2.50. The number of rotatable bonds is 1. The fraction of sp³-hybridized carbons (Fsp3) is 0.562. The van der Waals surface area contributed by atoms with Gasteiger partial charge >= 0.3 is 6.09 Å². The van der Waals surface area contributed by atoms with E-state index in [4.69, 9.17) is 10.5 Å². The third-order valence-corrected chi connectivity index (χ3v) is 3.60. The topological polar surface area (TPSA) is 58.8 Å². The smallest absolute Gasteiger partial charge is 0.410 e. The number of nitrogens with two attached hydrogens (primary N) is 1. The number of hydrogen-bond acceptors (Lipinski definition) is 4. The highest BCUT2D eigenvalue weighted by Crippen LogP contribution is 2.23. The van der Waals surface area contributed by atoms with E-state index in [-0.39, 0.29) is 17.8 Å². The van der Waals surface area contributed by atoms with Gasteiger partial charge in [-0.15, -0.1) is 0 Å². The summed E-state index contributed by atoms with van der Waals surface area (Å²) in [6.07, 6.45) is -0.303. The molecule has 0 radical (unpaired) electrons. The number of piperazine rings is 1. The fourth-order valence-electron chi connectivity index (χ4n) is 2.50. The first-order valence-electron chi connectivity index (χ1n) is 7.47. The van der Waals surface area contributed by atoms with Gasteiger partial charge in [-0.1, -0.05) is 0 Å². The molecule has 1 amide bonds. The van der Waals surface area contributed by atoms with E-state index in [0.717, 1.165) is 5.69 Å². The maximum Gasteiger partial charge on any atom is 0.410 e. The molecule has 122 valence electrons. The number of carbonyl (C=O) groups is 1. The molecule has 0 saturated carbocycles. The van der Waals surface area contributed by atoms with Crippen LogP contribution in [0.1, 0.15) is 27.7 Å². The summed E-state index contributed by atoms with van der Waals surface area (Å²) >= 11 is 0. The minimum Gasteiger partial charge on any atom is -0.444 e. The van der Waals surface area contributed by atoms with E-state index in [2.05, 4.69) is 0 Å². The van der Waals surface area contributed by atoms with E-state index in [9.17, 15) is 9.18 Å². The SMILES string of the molecule is CC1CN(c2ccc(N)c(F)c2)CCN1C(=O)OC(C)(C)C. The number of amides is 1. The molecule has 1 atom stereocenters. The third-order valence-electron chi connectivity index (χ3n) is 3.60. The zero-order valence-corrected chi connectivity index (χ0v) is 13.6. The number of carbonyl (C=O) groups excluding carboxylic acids is 1. The molecule has 1 saturated heterocycles. The van der Waals surface area contributed by atoms with Crippen molar-refractivity contribution in [3.05, 3.63) is 24.0 Å². The van der Waals surface area contributed by atoms with Crippen molar-refractivity contribution in [3.63, 3.8) is 0 Å². The molecule has 1 heterocycles. The molecule has 1 fully saturated rings. The van der Waals surface area contributed by atoms with Crippen LogP contribution in [0.2, 0.25) is 0 Å². The molecule has 22 heavy (non-hydrogen) atoms. The van der Waals surface area contributed by atoms with E-state index in [0.29, 0.717) is 19.6 Å². The average molecular weight is 309 g/mol. The molecule has 1 aliphatic heterocycles. The van der Waals surface area contributed by atoms with Gasteiger partial charge in [0.2, 0.25) is 0 Å². The van der Waals surface area contributed by atoms with Crippen molar-refractivity contribution in [1.29, 1.82) is 0 Å². The molecule has 0 aromatic heterocycles. The van der Waals surface area contributed by atoms with Gasteiger partial charge in [0.25, 0.3) is 0 Å². The molecule has 2 rings (SSSR count). The first-order chi connectivity index (χ1) is 10.2. The molecule has 0 bridgehead atoms. The Labute approximate surface area is 130 Å². The van der Waals surface area contributed by atoms with E-state index < -0.39 is 11.4 Å². The second-order valence-electron chi connectivity index (χ2n) is 6.67. The minimum atomic E-state index is -0.506. The van der Waals surface area contributed by atoms with E-state index >= 15 is 0 Å². The van der Waals surface area contributed by atoms with Crippen molar-refractivity contribution in [2.75, 3.05) is 30.3 Å². The summed E-state index contributed by atoms with van der Waals surface area (Å²) in [7, 11) is 0. The van der Waals surface area contributed by atoms with Crippen molar-refractivity contribution in [2.45, 2.75) is 39.3 Å². The van der Waals surface area contributed by atoms with Crippen molar-refractivity contribution < 1.29 is 13.9 Å². The van der Waals surface area contributed by atoms with Crippen LogP contribution in [-0.2, 0) is 4.74 Å². The Morgan fingerprint density at radius 2 is 2.05 bits per heavy atom. The van der Waals surface area contributed by atoms with Crippen LogP contribution in [0.5, 0.6) is 0 Å². The van der Waals surface area contributed by atoms with Crippen LogP contribution in [0.3, 0.4) is 0 Å². The summed E-state index contributed by atoms with van der Waals surface area (Å²) in [5.74, 6) is -0.417. The molecular weight excluding hydrogens is 285 g/mol. The molecule has 1 unspecified atom stereocenters. The van der Waals surface area contributed by atoms with E-state index in [1.54, 1.807) is 17.0 Å². The second kappa shape index (κ2) is 6.02. The van der Waals surface area contributed by atoms with E-state index in [1.807, 2.05) is 32.6 Å². The van der Waals surface area contributed by atoms with Gasteiger partial charge in [-0.3, -0.25) is 0 Å². The summed E-state index contributed by atoms with van der Waals surface area (Å²) in [6, 6.07) is 4.79. The number of nitrogen functional groups attached to an aromatic ring is 1. The summed E-state index contributed by atoms with van der Waals surface area (Å²) in [4.78, 5) is 15.9. The van der Waals surface area contributed by atoms with Gasteiger partial charge in [-0.05, 0) is 45.9 Å². The summed E-state index contributed by atoms with van der Waals surface area (Å²) < 4.78 is 19.0. The lowest BCUT2D eigenvalue weighted by Crippen LogP contribution is -2.55. The van der Waals surface area contributed by atoms with Gasteiger partial charge in [0.05, 0.1) is 5.69 Å². The first-order valence-corrected chi connectivity index (χ1v) is 7.47. The van der Waals surface area contributed by atoms with Crippen molar-refractivity contribution in [1.82, 2.24) is 4.90 Å². The van der Waals surface area contributed by atoms with Crippen LogP contribution < -0.4 is 10.6 Å². The molecular formula is C16H24FN3O2. The van der Waals surface area contributed by atoms with Crippen LogP contribution >= 0.6 is 0 Å². The number of ether oxygens (including phenoxy) is 1. The zero-order valence-electron chi connectivity index (χ0n) is 13.6. The molecule has 1 aromatic rings. The lowest BCUT2D eigenvalue weighted by Gasteiger charge is -2.41. The van der Waals surface area contributed by atoms with Crippen LogP contribution in [0.25, 0.3) is 0 Å². The normalized spacial score (nSPS) is 19.2. The van der Waals surface area contributed by atoms with Gasteiger partial charge < -0.3 is 20.3 Å². The Morgan fingerprint density at radius 1 is 1.36 bits per heavy atom. The van der Waals surface area contributed by atoms with Gasteiger partial charge in [0.1, 0.15) is 11.4 Å². The Morgan fingerprint density at radius 3 is 2.59 bits per heavy atom. The van der Waals surface area contributed by atoms with Crippen molar-refractivity contribution in [3.8, 4) is 0 Å². The molecule has 1 aromatic carbocycles. The highest BCUT2D eigenvalue weighted by atomic mass is 19.1. The standard InChI is InChI=1S/C16H24FN3O2/c1-11-10-19(12-5-6-14(18)13(17)9-12)7-8-20(11)15(21)22-16(2,3)4/h5-6,9,11H,7-8,10,18H2,1-4H3. The maximum atomic E-state index is 13.6. The molecule has 6 heteroatoms.